The summed E-state index contributed by atoms with van der Waals surface area (Å²) >= 11 is 0. The lowest BCUT2D eigenvalue weighted by atomic mass is 10.4. The Morgan fingerprint density at radius 1 is 1.56 bits per heavy atom. The minimum Gasteiger partial charge on any atom is -0.209 e. The van der Waals surface area contributed by atoms with Crippen LogP contribution in [0.25, 0.3) is 0 Å². The molecule has 0 aliphatic rings. The zero-order valence-corrected chi connectivity index (χ0v) is 6.40. The fraction of sp³-hybridized carbons (Fsp3) is 0.600. The fourth-order valence-electron chi connectivity index (χ4n) is 0.377. The first-order chi connectivity index (χ1) is 3.98. The zero-order chi connectivity index (χ0) is 7.49. The highest BCUT2D eigenvalue weighted by molar-refractivity contribution is 7.92. The van der Waals surface area contributed by atoms with E-state index in [4.69, 9.17) is 0 Å². The first-order valence-electron chi connectivity index (χ1n) is 2.62. The van der Waals surface area contributed by atoms with Crippen molar-refractivity contribution in [3.05, 3.63) is 12.0 Å². The van der Waals surface area contributed by atoms with Crippen LogP contribution in [0, 0.1) is 0 Å². The molecule has 54 valence electrons. The van der Waals surface area contributed by atoms with Gasteiger partial charge in [0.1, 0.15) is 0 Å². The van der Waals surface area contributed by atoms with E-state index in [-0.39, 0.29) is 6.04 Å². The molecule has 4 heteroatoms. The van der Waals surface area contributed by atoms with Gasteiger partial charge >= 0.3 is 0 Å². The van der Waals surface area contributed by atoms with E-state index in [0.29, 0.717) is 0 Å². The lowest BCUT2D eigenvalue weighted by molar-refractivity contribution is 0.579. The van der Waals surface area contributed by atoms with Crippen molar-refractivity contribution in [3.8, 4) is 0 Å². The quantitative estimate of drug-likeness (QED) is 0.633. The standard InChI is InChI=1S/C5H11NO2S/c1-4-9(7,8)6-5(2)3/h4-6H,1H2,2-3H3. The molecule has 0 saturated carbocycles. The van der Waals surface area contributed by atoms with Crippen LogP contribution in [0.1, 0.15) is 13.8 Å². The molecule has 0 rings (SSSR count). The third-order valence-corrected chi connectivity index (χ3v) is 1.86. The van der Waals surface area contributed by atoms with Gasteiger partial charge in [-0.25, -0.2) is 13.1 Å². The van der Waals surface area contributed by atoms with Gasteiger partial charge in [-0.05, 0) is 13.8 Å². The fourth-order valence-corrected chi connectivity index (χ4v) is 1.13. The summed E-state index contributed by atoms with van der Waals surface area (Å²) in [6.07, 6.45) is 0. The average molecular weight is 149 g/mol. The molecule has 0 fully saturated rings. The van der Waals surface area contributed by atoms with E-state index in [0.717, 1.165) is 5.41 Å². The number of hydrogen-bond acceptors (Lipinski definition) is 2. The maximum absolute atomic E-state index is 10.6. The highest BCUT2D eigenvalue weighted by atomic mass is 32.2. The first kappa shape index (κ1) is 8.65. The molecule has 0 spiro atoms. The molecular formula is C5H11NO2S. The van der Waals surface area contributed by atoms with E-state index >= 15 is 0 Å². The van der Waals surface area contributed by atoms with Gasteiger partial charge in [0.25, 0.3) is 0 Å². The molecule has 0 aromatic carbocycles. The summed E-state index contributed by atoms with van der Waals surface area (Å²) in [5, 5.41) is 0.896. The molecule has 0 radical (unpaired) electrons. The number of hydrogen-bond donors (Lipinski definition) is 1. The van der Waals surface area contributed by atoms with E-state index in [1.54, 1.807) is 13.8 Å². The molecule has 0 aromatic heterocycles. The van der Waals surface area contributed by atoms with Gasteiger partial charge in [-0.3, -0.25) is 0 Å². The van der Waals surface area contributed by atoms with Crippen LogP contribution in [0.15, 0.2) is 12.0 Å². The topological polar surface area (TPSA) is 46.2 Å². The van der Waals surface area contributed by atoms with Crippen LogP contribution >= 0.6 is 0 Å². The Morgan fingerprint density at radius 2 is 2.00 bits per heavy atom. The molecule has 0 aliphatic carbocycles. The molecule has 0 saturated heterocycles. The minimum atomic E-state index is -3.20. The molecule has 0 unspecified atom stereocenters. The summed E-state index contributed by atoms with van der Waals surface area (Å²) in [4.78, 5) is 0. The van der Waals surface area contributed by atoms with Gasteiger partial charge in [0.2, 0.25) is 10.0 Å². The van der Waals surface area contributed by atoms with E-state index in [9.17, 15) is 8.42 Å². The Kier molecular flexibility index (Phi) is 2.87. The second-order valence-electron chi connectivity index (χ2n) is 1.98. The van der Waals surface area contributed by atoms with Crippen LogP contribution in [0.4, 0.5) is 0 Å². The summed E-state index contributed by atoms with van der Waals surface area (Å²) in [6, 6.07) is -0.0620. The maximum Gasteiger partial charge on any atom is 0.233 e. The van der Waals surface area contributed by atoms with Gasteiger partial charge in [0, 0.05) is 11.4 Å². The zero-order valence-electron chi connectivity index (χ0n) is 5.59. The van der Waals surface area contributed by atoms with E-state index in [1.165, 1.54) is 0 Å². The summed E-state index contributed by atoms with van der Waals surface area (Å²) in [6.45, 7) is 6.64. The van der Waals surface area contributed by atoms with Crippen LogP contribution in [-0.4, -0.2) is 14.5 Å². The van der Waals surface area contributed by atoms with Crippen LogP contribution in [-0.2, 0) is 10.0 Å². The van der Waals surface area contributed by atoms with Crippen molar-refractivity contribution in [3.63, 3.8) is 0 Å². The number of nitrogens with one attached hydrogen (secondary N) is 1. The van der Waals surface area contributed by atoms with Crippen LogP contribution in [0.3, 0.4) is 0 Å². The molecule has 0 aromatic rings. The average Bonchev–Trinajstić information content (AvgIpc) is 1.63. The monoisotopic (exact) mass is 149 g/mol. The Morgan fingerprint density at radius 3 is 2.11 bits per heavy atom. The molecule has 1 N–H and O–H groups in total. The number of rotatable bonds is 3. The highest BCUT2D eigenvalue weighted by Gasteiger charge is 2.03. The first-order valence-corrected chi connectivity index (χ1v) is 4.17. The van der Waals surface area contributed by atoms with Crippen molar-refractivity contribution in [1.29, 1.82) is 0 Å². The summed E-state index contributed by atoms with van der Waals surface area (Å²) < 4.78 is 23.5. The molecule has 0 atom stereocenters. The molecule has 0 heterocycles. The van der Waals surface area contributed by atoms with E-state index < -0.39 is 10.0 Å². The Labute approximate surface area is 55.8 Å². The molecule has 0 aliphatic heterocycles. The van der Waals surface area contributed by atoms with Gasteiger partial charge < -0.3 is 0 Å². The maximum atomic E-state index is 10.6. The Balaban J connectivity index is 4.05. The third kappa shape index (κ3) is 4.17. The highest BCUT2D eigenvalue weighted by Crippen LogP contribution is 1.86. The lowest BCUT2D eigenvalue weighted by Gasteiger charge is -2.03. The molecule has 9 heavy (non-hydrogen) atoms. The van der Waals surface area contributed by atoms with Crippen LogP contribution < -0.4 is 4.72 Å². The van der Waals surface area contributed by atoms with Crippen LogP contribution in [0.5, 0.6) is 0 Å². The predicted octanol–water partition coefficient (Wildman–Crippen LogP) is 0.458. The Bertz CT molecular complexity index is 181. The normalized spacial score (nSPS) is 11.9. The molecular weight excluding hydrogens is 138 g/mol. The lowest BCUT2D eigenvalue weighted by Crippen LogP contribution is -2.27. The minimum absolute atomic E-state index is 0.0620. The van der Waals surface area contributed by atoms with Crippen molar-refractivity contribution >= 4 is 10.0 Å². The smallest absolute Gasteiger partial charge is 0.209 e. The Hall–Kier alpha value is -0.350. The predicted molar refractivity (Wildman–Crippen MR) is 37.4 cm³/mol. The van der Waals surface area contributed by atoms with Gasteiger partial charge in [-0.15, -0.1) is 0 Å². The number of sulfonamides is 1. The molecule has 3 nitrogen and oxygen atoms in total. The summed E-state index contributed by atoms with van der Waals surface area (Å²) in [5.41, 5.74) is 0. The third-order valence-electron chi connectivity index (χ3n) is 0.619. The second kappa shape index (κ2) is 2.98. The van der Waals surface area contributed by atoms with Crippen LogP contribution in [0.2, 0.25) is 0 Å². The van der Waals surface area contributed by atoms with Crippen molar-refractivity contribution in [2.24, 2.45) is 0 Å². The molecule has 0 bridgehead atoms. The summed E-state index contributed by atoms with van der Waals surface area (Å²) in [5.74, 6) is 0. The largest absolute Gasteiger partial charge is 0.233 e. The van der Waals surface area contributed by atoms with Crippen molar-refractivity contribution in [2.45, 2.75) is 19.9 Å². The van der Waals surface area contributed by atoms with E-state index in [1.807, 2.05) is 0 Å². The second-order valence-corrected chi connectivity index (χ2v) is 3.64. The van der Waals surface area contributed by atoms with Gasteiger partial charge in [0.15, 0.2) is 0 Å². The molecule has 0 amide bonds. The van der Waals surface area contributed by atoms with E-state index in [2.05, 4.69) is 11.3 Å². The van der Waals surface area contributed by atoms with Crippen molar-refractivity contribution in [1.82, 2.24) is 4.72 Å². The van der Waals surface area contributed by atoms with Crippen molar-refractivity contribution < 1.29 is 8.42 Å². The van der Waals surface area contributed by atoms with Gasteiger partial charge in [-0.2, -0.15) is 0 Å². The van der Waals surface area contributed by atoms with Gasteiger partial charge in [0.05, 0.1) is 0 Å². The van der Waals surface area contributed by atoms with Crippen molar-refractivity contribution in [2.75, 3.05) is 0 Å². The SMILES string of the molecule is C=CS(=O)(=O)NC(C)C. The summed E-state index contributed by atoms with van der Waals surface area (Å²) in [7, 11) is -3.20. The van der Waals surface area contributed by atoms with Gasteiger partial charge in [-0.1, -0.05) is 6.58 Å².